The maximum atomic E-state index is 5.87. The summed E-state index contributed by atoms with van der Waals surface area (Å²) in [5.41, 5.74) is 6.98. The van der Waals surface area contributed by atoms with Crippen LogP contribution < -0.4 is 19.9 Å². The van der Waals surface area contributed by atoms with Crippen molar-refractivity contribution in [2.75, 3.05) is 27.4 Å². The van der Waals surface area contributed by atoms with Gasteiger partial charge in [0.2, 0.25) is 0 Å². The Morgan fingerprint density at radius 3 is 2.19 bits per heavy atom. The third kappa shape index (κ3) is 4.13. The molecule has 1 unspecified atom stereocenters. The van der Waals surface area contributed by atoms with Crippen molar-refractivity contribution in [3.8, 4) is 17.2 Å². The molecule has 2 aromatic rings. The lowest BCUT2D eigenvalue weighted by molar-refractivity contribution is 0.288. The van der Waals surface area contributed by atoms with Crippen molar-refractivity contribution < 1.29 is 14.2 Å². The second-order valence-electron chi connectivity index (χ2n) is 4.70. The predicted molar refractivity (Wildman–Crippen MR) is 83.3 cm³/mol. The Balaban J connectivity index is 2.04. The van der Waals surface area contributed by atoms with Gasteiger partial charge < -0.3 is 19.9 Å². The number of ether oxygens (including phenoxy) is 3. The van der Waals surface area contributed by atoms with Gasteiger partial charge in [-0.1, -0.05) is 18.2 Å². The van der Waals surface area contributed by atoms with Gasteiger partial charge in [-0.05, 0) is 29.8 Å². The zero-order valence-electron chi connectivity index (χ0n) is 12.4. The van der Waals surface area contributed by atoms with E-state index in [0.29, 0.717) is 13.2 Å². The summed E-state index contributed by atoms with van der Waals surface area (Å²) in [6.07, 6.45) is 0. The van der Waals surface area contributed by atoms with Crippen LogP contribution >= 0.6 is 0 Å². The van der Waals surface area contributed by atoms with E-state index in [1.807, 2.05) is 48.5 Å². The van der Waals surface area contributed by atoms with E-state index >= 15 is 0 Å². The van der Waals surface area contributed by atoms with Gasteiger partial charge in [0.1, 0.15) is 17.2 Å². The van der Waals surface area contributed by atoms with Crippen LogP contribution in [0, 0.1) is 0 Å². The zero-order valence-corrected chi connectivity index (χ0v) is 12.4. The Morgan fingerprint density at radius 2 is 1.52 bits per heavy atom. The Morgan fingerprint density at radius 1 is 0.905 bits per heavy atom. The van der Waals surface area contributed by atoms with E-state index in [2.05, 4.69) is 0 Å². The maximum absolute atomic E-state index is 5.87. The molecule has 21 heavy (non-hydrogen) atoms. The minimum atomic E-state index is 0.117. The first-order chi connectivity index (χ1) is 10.3. The second kappa shape index (κ2) is 7.55. The summed E-state index contributed by atoms with van der Waals surface area (Å²) in [5, 5.41) is 0. The Bertz CT molecular complexity index is 571. The van der Waals surface area contributed by atoms with Crippen LogP contribution in [0.25, 0.3) is 0 Å². The highest BCUT2D eigenvalue weighted by Crippen LogP contribution is 2.23. The fourth-order valence-electron chi connectivity index (χ4n) is 2.08. The van der Waals surface area contributed by atoms with Gasteiger partial charge in [0.05, 0.1) is 20.8 Å². The van der Waals surface area contributed by atoms with Gasteiger partial charge >= 0.3 is 0 Å². The van der Waals surface area contributed by atoms with Crippen LogP contribution in [0.5, 0.6) is 17.2 Å². The van der Waals surface area contributed by atoms with Crippen LogP contribution in [0.2, 0.25) is 0 Å². The van der Waals surface area contributed by atoms with Crippen molar-refractivity contribution >= 4 is 0 Å². The highest BCUT2D eigenvalue weighted by atomic mass is 16.5. The van der Waals surface area contributed by atoms with Crippen LogP contribution in [0.4, 0.5) is 0 Å². The van der Waals surface area contributed by atoms with Gasteiger partial charge in [-0.25, -0.2) is 0 Å². The molecule has 0 heterocycles. The van der Waals surface area contributed by atoms with E-state index in [1.54, 1.807) is 14.2 Å². The molecule has 112 valence electrons. The minimum Gasteiger partial charge on any atom is -0.497 e. The Hall–Kier alpha value is -2.20. The van der Waals surface area contributed by atoms with Gasteiger partial charge in [-0.2, -0.15) is 0 Å². The van der Waals surface area contributed by atoms with E-state index in [0.717, 1.165) is 22.8 Å². The summed E-state index contributed by atoms with van der Waals surface area (Å²) in [6.45, 7) is 1.02. The first-order valence-electron chi connectivity index (χ1n) is 6.87. The molecule has 0 aromatic heterocycles. The highest BCUT2D eigenvalue weighted by molar-refractivity contribution is 5.34. The van der Waals surface area contributed by atoms with E-state index in [1.165, 1.54) is 0 Å². The quantitative estimate of drug-likeness (QED) is 0.851. The summed E-state index contributed by atoms with van der Waals surface area (Å²) >= 11 is 0. The molecule has 0 aliphatic carbocycles. The first kappa shape index (κ1) is 15.2. The summed E-state index contributed by atoms with van der Waals surface area (Å²) in [6, 6.07) is 15.5. The minimum absolute atomic E-state index is 0.117. The second-order valence-corrected chi connectivity index (χ2v) is 4.70. The molecule has 0 bridgehead atoms. The molecule has 4 nitrogen and oxygen atoms in total. The normalized spacial score (nSPS) is 11.8. The molecule has 2 aromatic carbocycles. The average Bonchev–Trinajstić information content (AvgIpc) is 2.56. The standard InChI is InChI=1S/C17H21NO3/c1-19-15-6-3-5-13(9-15)14(11-18)12-21-17-8-4-7-16(10-17)20-2/h3-10,14H,11-12,18H2,1-2H3. The van der Waals surface area contributed by atoms with Gasteiger partial charge in [-0.3, -0.25) is 0 Å². The molecule has 2 rings (SSSR count). The molecule has 0 saturated heterocycles. The third-order valence-electron chi connectivity index (χ3n) is 3.34. The lowest BCUT2D eigenvalue weighted by Crippen LogP contribution is -2.19. The highest BCUT2D eigenvalue weighted by Gasteiger charge is 2.12. The molecular formula is C17H21NO3. The van der Waals surface area contributed by atoms with Crippen LogP contribution in [0.3, 0.4) is 0 Å². The topological polar surface area (TPSA) is 53.7 Å². The molecule has 0 aliphatic heterocycles. The van der Waals surface area contributed by atoms with Crippen molar-refractivity contribution in [3.05, 3.63) is 54.1 Å². The summed E-state index contributed by atoms with van der Waals surface area (Å²) in [5.74, 6) is 2.49. The van der Waals surface area contributed by atoms with E-state index in [9.17, 15) is 0 Å². The first-order valence-corrected chi connectivity index (χ1v) is 6.87. The number of methoxy groups -OCH3 is 2. The van der Waals surface area contributed by atoms with Crippen molar-refractivity contribution in [3.63, 3.8) is 0 Å². The van der Waals surface area contributed by atoms with Crippen molar-refractivity contribution in [2.45, 2.75) is 5.92 Å². The molecule has 0 spiro atoms. The molecular weight excluding hydrogens is 266 g/mol. The molecule has 0 saturated carbocycles. The molecule has 4 heteroatoms. The van der Waals surface area contributed by atoms with E-state index < -0.39 is 0 Å². The fourth-order valence-corrected chi connectivity index (χ4v) is 2.08. The number of rotatable bonds is 7. The lowest BCUT2D eigenvalue weighted by Gasteiger charge is -2.17. The third-order valence-corrected chi connectivity index (χ3v) is 3.34. The fraction of sp³-hybridized carbons (Fsp3) is 0.294. The number of hydrogen-bond acceptors (Lipinski definition) is 4. The average molecular weight is 287 g/mol. The Labute approximate surface area is 125 Å². The van der Waals surface area contributed by atoms with Gasteiger partial charge in [-0.15, -0.1) is 0 Å². The number of benzene rings is 2. The largest absolute Gasteiger partial charge is 0.497 e. The summed E-state index contributed by atoms with van der Waals surface area (Å²) in [7, 11) is 3.29. The molecule has 0 radical (unpaired) electrons. The molecule has 1 atom stereocenters. The van der Waals surface area contributed by atoms with Crippen molar-refractivity contribution in [1.82, 2.24) is 0 Å². The monoisotopic (exact) mass is 287 g/mol. The predicted octanol–water partition coefficient (Wildman–Crippen LogP) is 2.83. The van der Waals surface area contributed by atoms with Crippen LogP contribution in [-0.4, -0.2) is 27.4 Å². The van der Waals surface area contributed by atoms with Crippen LogP contribution in [-0.2, 0) is 0 Å². The summed E-state index contributed by atoms with van der Waals surface area (Å²) < 4.78 is 16.3. The summed E-state index contributed by atoms with van der Waals surface area (Å²) in [4.78, 5) is 0. The van der Waals surface area contributed by atoms with Crippen molar-refractivity contribution in [1.29, 1.82) is 0 Å². The molecule has 0 fully saturated rings. The van der Waals surface area contributed by atoms with Gasteiger partial charge in [0.25, 0.3) is 0 Å². The molecule has 0 amide bonds. The SMILES string of the molecule is COc1cccc(OCC(CN)c2cccc(OC)c2)c1. The lowest BCUT2D eigenvalue weighted by atomic mass is 10.00. The number of nitrogens with two attached hydrogens (primary N) is 1. The molecule has 0 aliphatic rings. The number of hydrogen-bond donors (Lipinski definition) is 1. The van der Waals surface area contributed by atoms with E-state index in [4.69, 9.17) is 19.9 Å². The zero-order chi connectivity index (χ0) is 15.1. The van der Waals surface area contributed by atoms with Gasteiger partial charge in [0, 0.05) is 18.5 Å². The maximum Gasteiger partial charge on any atom is 0.123 e. The smallest absolute Gasteiger partial charge is 0.123 e. The molecule has 2 N–H and O–H groups in total. The van der Waals surface area contributed by atoms with Gasteiger partial charge in [0.15, 0.2) is 0 Å². The van der Waals surface area contributed by atoms with Crippen LogP contribution in [0.1, 0.15) is 11.5 Å². The Kier molecular flexibility index (Phi) is 5.46. The van der Waals surface area contributed by atoms with E-state index in [-0.39, 0.29) is 5.92 Å². The van der Waals surface area contributed by atoms with Crippen LogP contribution in [0.15, 0.2) is 48.5 Å². The van der Waals surface area contributed by atoms with Crippen molar-refractivity contribution in [2.24, 2.45) is 5.73 Å².